The number of anilines is 1. The molecule has 1 N–H and O–H groups in total. The van der Waals surface area contributed by atoms with Crippen LogP contribution in [-0.4, -0.2) is 15.7 Å². The summed E-state index contributed by atoms with van der Waals surface area (Å²) in [5, 5.41) is 7.21. The number of carbonyl (C=O) groups excluding carboxylic acids is 1. The van der Waals surface area contributed by atoms with Crippen LogP contribution in [0.4, 0.5) is 10.2 Å². The summed E-state index contributed by atoms with van der Waals surface area (Å²) in [7, 11) is 0. The van der Waals surface area contributed by atoms with Gasteiger partial charge >= 0.3 is 0 Å². The second kappa shape index (κ2) is 7.02. The van der Waals surface area contributed by atoms with Gasteiger partial charge in [-0.2, -0.15) is 5.10 Å². The zero-order valence-corrected chi connectivity index (χ0v) is 12.4. The van der Waals surface area contributed by atoms with Crippen LogP contribution >= 0.6 is 0 Å². The van der Waals surface area contributed by atoms with Crippen LogP contribution in [0.2, 0.25) is 0 Å². The van der Waals surface area contributed by atoms with Gasteiger partial charge in [0.1, 0.15) is 11.6 Å². The van der Waals surface area contributed by atoms with Crippen LogP contribution < -0.4 is 5.32 Å². The molecular formula is C16H20FN3O. The summed E-state index contributed by atoms with van der Waals surface area (Å²) >= 11 is 0. The Morgan fingerprint density at radius 1 is 1.29 bits per heavy atom. The fourth-order valence-corrected chi connectivity index (χ4v) is 2.11. The molecule has 0 unspecified atom stereocenters. The van der Waals surface area contributed by atoms with Crippen molar-refractivity contribution in [3.05, 3.63) is 41.8 Å². The van der Waals surface area contributed by atoms with E-state index in [-0.39, 0.29) is 11.7 Å². The minimum Gasteiger partial charge on any atom is -0.311 e. The molecule has 0 aliphatic rings. The Morgan fingerprint density at radius 2 is 2.00 bits per heavy atom. The van der Waals surface area contributed by atoms with E-state index in [9.17, 15) is 9.18 Å². The van der Waals surface area contributed by atoms with E-state index in [1.54, 1.807) is 22.9 Å². The lowest BCUT2D eigenvalue weighted by Gasteiger charge is -2.08. The van der Waals surface area contributed by atoms with Crippen LogP contribution in [-0.2, 0) is 4.79 Å². The SMILES string of the molecule is CCCCCC(=O)Nc1cc(C)nn1-c1ccc(F)cc1. The van der Waals surface area contributed by atoms with E-state index in [2.05, 4.69) is 17.3 Å². The number of hydrogen-bond donors (Lipinski definition) is 1. The Bertz CT molecular complexity index is 604. The van der Waals surface area contributed by atoms with Crippen molar-refractivity contribution in [2.24, 2.45) is 0 Å². The van der Waals surface area contributed by atoms with Gasteiger partial charge in [0.2, 0.25) is 5.91 Å². The molecule has 5 heteroatoms. The van der Waals surface area contributed by atoms with Crippen molar-refractivity contribution in [1.82, 2.24) is 9.78 Å². The Morgan fingerprint density at radius 3 is 2.67 bits per heavy atom. The predicted octanol–water partition coefficient (Wildman–Crippen LogP) is 3.84. The van der Waals surface area contributed by atoms with Crippen LogP contribution in [0.15, 0.2) is 30.3 Å². The van der Waals surface area contributed by atoms with Crippen LogP contribution in [0.5, 0.6) is 0 Å². The number of nitrogens with one attached hydrogen (secondary N) is 1. The summed E-state index contributed by atoms with van der Waals surface area (Å²) in [5.41, 5.74) is 1.51. The molecule has 4 nitrogen and oxygen atoms in total. The number of carbonyl (C=O) groups is 1. The van der Waals surface area contributed by atoms with Crippen LogP contribution in [0.25, 0.3) is 5.69 Å². The summed E-state index contributed by atoms with van der Waals surface area (Å²) in [6, 6.07) is 7.82. The van der Waals surface area contributed by atoms with E-state index in [4.69, 9.17) is 0 Å². The summed E-state index contributed by atoms with van der Waals surface area (Å²) in [6.45, 7) is 3.96. The third kappa shape index (κ3) is 4.15. The minimum absolute atomic E-state index is 0.0216. The van der Waals surface area contributed by atoms with Crippen molar-refractivity contribution in [1.29, 1.82) is 0 Å². The first kappa shape index (κ1) is 15.2. The van der Waals surface area contributed by atoms with Gasteiger partial charge in [-0.3, -0.25) is 4.79 Å². The first-order valence-corrected chi connectivity index (χ1v) is 7.22. The highest BCUT2D eigenvalue weighted by Crippen LogP contribution is 2.18. The number of rotatable bonds is 6. The molecule has 0 atom stereocenters. The van der Waals surface area contributed by atoms with Gasteiger partial charge in [-0.05, 0) is 37.6 Å². The zero-order valence-electron chi connectivity index (χ0n) is 12.4. The topological polar surface area (TPSA) is 46.9 Å². The van der Waals surface area contributed by atoms with Gasteiger partial charge in [0.15, 0.2) is 0 Å². The Balaban J connectivity index is 2.13. The Hall–Kier alpha value is -2.17. The van der Waals surface area contributed by atoms with Crippen molar-refractivity contribution in [2.75, 3.05) is 5.32 Å². The maximum absolute atomic E-state index is 13.0. The van der Waals surface area contributed by atoms with Crippen molar-refractivity contribution in [3.8, 4) is 5.69 Å². The molecule has 21 heavy (non-hydrogen) atoms. The molecule has 0 aliphatic heterocycles. The van der Waals surface area contributed by atoms with Gasteiger partial charge in [0.05, 0.1) is 11.4 Å². The van der Waals surface area contributed by atoms with Crippen molar-refractivity contribution < 1.29 is 9.18 Å². The smallest absolute Gasteiger partial charge is 0.225 e. The molecule has 112 valence electrons. The molecule has 0 spiro atoms. The second-order valence-corrected chi connectivity index (χ2v) is 5.06. The summed E-state index contributed by atoms with van der Waals surface area (Å²) in [5.74, 6) is 0.292. The number of unbranched alkanes of at least 4 members (excludes halogenated alkanes) is 2. The fourth-order valence-electron chi connectivity index (χ4n) is 2.11. The molecule has 1 amide bonds. The molecular weight excluding hydrogens is 269 g/mol. The van der Waals surface area contributed by atoms with Crippen LogP contribution in [0, 0.1) is 12.7 Å². The third-order valence-electron chi connectivity index (χ3n) is 3.18. The molecule has 1 aromatic heterocycles. The maximum Gasteiger partial charge on any atom is 0.225 e. The van der Waals surface area contributed by atoms with Gasteiger partial charge in [0.25, 0.3) is 0 Å². The van der Waals surface area contributed by atoms with Crippen LogP contribution in [0.1, 0.15) is 38.3 Å². The minimum atomic E-state index is -0.298. The number of amides is 1. The van der Waals surface area contributed by atoms with E-state index in [1.165, 1.54) is 12.1 Å². The highest BCUT2D eigenvalue weighted by Gasteiger charge is 2.10. The van der Waals surface area contributed by atoms with E-state index in [0.29, 0.717) is 17.9 Å². The second-order valence-electron chi connectivity index (χ2n) is 5.06. The average molecular weight is 289 g/mol. The van der Waals surface area contributed by atoms with E-state index >= 15 is 0 Å². The molecule has 0 saturated heterocycles. The molecule has 1 aromatic carbocycles. The number of hydrogen-bond acceptors (Lipinski definition) is 2. The van der Waals surface area contributed by atoms with Crippen molar-refractivity contribution in [2.45, 2.75) is 39.5 Å². The largest absolute Gasteiger partial charge is 0.311 e. The Kier molecular flexibility index (Phi) is 5.09. The number of nitrogens with zero attached hydrogens (tertiary/aromatic N) is 2. The normalized spacial score (nSPS) is 10.6. The molecule has 0 bridgehead atoms. The predicted molar refractivity (Wildman–Crippen MR) is 81.0 cm³/mol. The van der Waals surface area contributed by atoms with Crippen molar-refractivity contribution in [3.63, 3.8) is 0 Å². The van der Waals surface area contributed by atoms with Gasteiger partial charge in [-0.25, -0.2) is 9.07 Å². The molecule has 1 heterocycles. The molecule has 0 saturated carbocycles. The highest BCUT2D eigenvalue weighted by molar-refractivity contribution is 5.90. The fraction of sp³-hybridized carbons (Fsp3) is 0.375. The van der Waals surface area contributed by atoms with Crippen LogP contribution in [0.3, 0.4) is 0 Å². The first-order valence-electron chi connectivity index (χ1n) is 7.22. The molecule has 0 fully saturated rings. The number of halogens is 1. The molecule has 0 aliphatic carbocycles. The highest BCUT2D eigenvalue weighted by atomic mass is 19.1. The third-order valence-corrected chi connectivity index (χ3v) is 3.18. The standard InChI is InChI=1S/C16H20FN3O/c1-3-4-5-6-16(21)18-15-11-12(2)19-20(15)14-9-7-13(17)8-10-14/h7-11H,3-6H2,1-2H3,(H,18,21). The number of aromatic nitrogens is 2. The monoisotopic (exact) mass is 289 g/mol. The average Bonchev–Trinajstić information content (AvgIpc) is 2.80. The lowest BCUT2D eigenvalue weighted by atomic mass is 10.2. The lowest BCUT2D eigenvalue weighted by molar-refractivity contribution is -0.116. The number of aryl methyl sites for hydroxylation is 1. The van der Waals surface area contributed by atoms with Crippen molar-refractivity contribution >= 4 is 11.7 Å². The lowest BCUT2D eigenvalue weighted by Crippen LogP contribution is -2.14. The van der Waals surface area contributed by atoms with E-state index in [0.717, 1.165) is 25.0 Å². The van der Waals surface area contributed by atoms with Gasteiger partial charge in [-0.15, -0.1) is 0 Å². The molecule has 2 aromatic rings. The summed E-state index contributed by atoms with van der Waals surface area (Å²) < 4.78 is 14.6. The molecule has 2 rings (SSSR count). The van der Waals surface area contributed by atoms with Gasteiger partial charge in [0, 0.05) is 12.5 Å². The summed E-state index contributed by atoms with van der Waals surface area (Å²) in [6.07, 6.45) is 3.51. The van der Waals surface area contributed by atoms with Gasteiger partial charge < -0.3 is 5.32 Å². The maximum atomic E-state index is 13.0. The number of benzene rings is 1. The summed E-state index contributed by atoms with van der Waals surface area (Å²) in [4.78, 5) is 11.9. The Labute approximate surface area is 124 Å². The quantitative estimate of drug-likeness (QED) is 0.821. The first-order chi connectivity index (χ1) is 10.1. The molecule has 0 radical (unpaired) electrons. The zero-order chi connectivity index (χ0) is 15.2. The van der Waals surface area contributed by atoms with Gasteiger partial charge in [-0.1, -0.05) is 19.8 Å². The van der Waals surface area contributed by atoms with E-state index in [1.807, 2.05) is 6.92 Å². The van der Waals surface area contributed by atoms with E-state index < -0.39 is 0 Å².